The number of imide groups is 1. The molecule has 3 aliphatic heterocycles. The molecule has 0 aliphatic carbocycles. The molecule has 3 fully saturated rings. The quantitative estimate of drug-likeness (QED) is 0.642. The third kappa shape index (κ3) is 3.73. The normalized spacial score (nSPS) is 27.3. The molecular weight excluding hydrogens is 298 g/mol. The molecule has 7 nitrogen and oxygen atoms in total. The van der Waals surface area contributed by atoms with Crippen LogP contribution in [0.2, 0.25) is 0 Å². The molecule has 0 aromatic heterocycles. The summed E-state index contributed by atoms with van der Waals surface area (Å²) in [6.07, 6.45) is 6.06. The van der Waals surface area contributed by atoms with Crippen molar-refractivity contribution in [1.29, 1.82) is 0 Å². The molecule has 4 amide bonds. The lowest BCUT2D eigenvalue weighted by atomic mass is 10.2. The average molecular weight is 321 g/mol. The van der Waals surface area contributed by atoms with Gasteiger partial charge in [0.15, 0.2) is 0 Å². The number of amides is 4. The molecule has 0 radical (unpaired) electrons. The van der Waals surface area contributed by atoms with Crippen molar-refractivity contribution < 1.29 is 19.1 Å². The molecule has 0 aromatic rings. The average Bonchev–Trinajstić information content (AvgIpc) is 3.41. The van der Waals surface area contributed by atoms with Gasteiger partial charge in [-0.15, -0.1) is 0 Å². The Hall–Kier alpha value is -1.86. The molecular formula is C16H23N3O4. The number of ether oxygens (including phenoxy) is 2. The van der Waals surface area contributed by atoms with E-state index in [9.17, 15) is 9.59 Å². The number of carbonyl (C=O) groups is 2. The van der Waals surface area contributed by atoms with Crippen LogP contribution in [0.3, 0.4) is 0 Å². The third-order valence-electron chi connectivity index (χ3n) is 4.14. The van der Waals surface area contributed by atoms with Crippen LogP contribution in [0.15, 0.2) is 24.7 Å². The summed E-state index contributed by atoms with van der Waals surface area (Å²) in [5, 5.41) is 0. The summed E-state index contributed by atoms with van der Waals surface area (Å²) in [5.74, 6) is 0.447. The van der Waals surface area contributed by atoms with Gasteiger partial charge < -0.3 is 9.47 Å². The summed E-state index contributed by atoms with van der Waals surface area (Å²) < 4.78 is 10.4. The lowest BCUT2D eigenvalue weighted by molar-refractivity contribution is 0.121. The number of hydrogen-bond donors (Lipinski definition) is 0. The van der Waals surface area contributed by atoms with E-state index in [1.54, 1.807) is 22.1 Å². The highest BCUT2D eigenvalue weighted by Gasteiger charge is 2.40. The minimum absolute atomic E-state index is 0.223. The van der Waals surface area contributed by atoms with Gasteiger partial charge in [0.2, 0.25) is 0 Å². The topological polar surface area (TPSA) is 68.9 Å². The molecule has 0 N–H and O–H groups in total. The molecule has 0 saturated carbocycles. The number of hydrogen-bond acceptors (Lipinski definition) is 4. The lowest BCUT2D eigenvalue weighted by Crippen LogP contribution is -2.57. The van der Waals surface area contributed by atoms with E-state index >= 15 is 0 Å². The minimum Gasteiger partial charge on any atom is -0.373 e. The Bertz CT molecular complexity index is 487. The van der Waals surface area contributed by atoms with Crippen molar-refractivity contribution in [2.24, 2.45) is 0 Å². The van der Waals surface area contributed by atoms with Crippen molar-refractivity contribution in [1.82, 2.24) is 14.7 Å². The molecule has 0 bridgehead atoms. The smallest absolute Gasteiger partial charge is 0.337 e. The van der Waals surface area contributed by atoms with Gasteiger partial charge in [-0.3, -0.25) is 9.80 Å². The Morgan fingerprint density at radius 3 is 1.96 bits per heavy atom. The van der Waals surface area contributed by atoms with Crippen LogP contribution >= 0.6 is 0 Å². The van der Waals surface area contributed by atoms with Gasteiger partial charge in [0.25, 0.3) is 0 Å². The molecule has 7 heteroatoms. The van der Waals surface area contributed by atoms with Crippen LogP contribution in [0.25, 0.3) is 0 Å². The molecule has 3 aliphatic rings. The van der Waals surface area contributed by atoms with E-state index in [-0.39, 0.29) is 24.3 Å². The van der Waals surface area contributed by atoms with Crippen molar-refractivity contribution in [3.8, 4) is 0 Å². The first-order chi connectivity index (χ1) is 11.1. The largest absolute Gasteiger partial charge is 0.373 e. The van der Waals surface area contributed by atoms with Gasteiger partial charge in [0, 0.05) is 19.3 Å². The monoisotopic (exact) mass is 321 g/mol. The zero-order valence-electron chi connectivity index (χ0n) is 13.4. The lowest BCUT2D eigenvalue weighted by Gasteiger charge is -2.41. The van der Waals surface area contributed by atoms with Crippen LogP contribution in [0.5, 0.6) is 0 Å². The number of rotatable bonds is 8. The van der Waals surface area contributed by atoms with E-state index in [4.69, 9.17) is 9.47 Å². The van der Waals surface area contributed by atoms with Gasteiger partial charge in [-0.1, -0.05) is 19.6 Å². The van der Waals surface area contributed by atoms with E-state index in [1.807, 2.05) is 6.92 Å². The van der Waals surface area contributed by atoms with Crippen LogP contribution in [-0.4, -0.2) is 65.3 Å². The fourth-order valence-corrected chi connectivity index (χ4v) is 2.51. The molecule has 3 saturated heterocycles. The van der Waals surface area contributed by atoms with Crippen molar-refractivity contribution in [2.75, 3.05) is 26.3 Å². The summed E-state index contributed by atoms with van der Waals surface area (Å²) in [4.78, 5) is 29.5. The predicted octanol–water partition coefficient (Wildman–Crippen LogP) is 2.12. The molecule has 0 spiro atoms. The zero-order valence-corrected chi connectivity index (χ0v) is 13.4. The van der Waals surface area contributed by atoms with Crippen LogP contribution in [-0.2, 0) is 9.47 Å². The maximum Gasteiger partial charge on any atom is 0.337 e. The minimum atomic E-state index is -0.343. The Morgan fingerprint density at radius 2 is 1.57 bits per heavy atom. The first-order valence-electron chi connectivity index (χ1n) is 8.12. The molecule has 3 heterocycles. The summed E-state index contributed by atoms with van der Waals surface area (Å²) in [7, 11) is 0. The van der Waals surface area contributed by atoms with Crippen LogP contribution in [0.4, 0.5) is 9.59 Å². The fourth-order valence-electron chi connectivity index (χ4n) is 2.51. The van der Waals surface area contributed by atoms with Crippen LogP contribution < -0.4 is 0 Å². The van der Waals surface area contributed by atoms with Gasteiger partial charge >= 0.3 is 12.1 Å². The van der Waals surface area contributed by atoms with E-state index in [0.29, 0.717) is 18.9 Å². The first kappa shape index (κ1) is 16.0. The summed E-state index contributed by atoms with van der Waals surface area (Å²) in [6.45, 7) is 8.42. The van der Waals surface area contributed by atoms with Crippen molar-refractivity contribution in [3.05, 3.63) is 24.7 Å². The van der Waals surface area contributed by atoms with Gasteiger partial charge in [0.05, 0.1) is 25.4 Å². The van der Waals surface area contributed by atoms with E-state index < -0.39 is 0 Å². The zero-order chi connectivity index (χ0) is 16.4. The highest BCUT2D eigenvalue weighted by molar-refractivity contribution is 5.99. The molecule has 23 heavy (non-hydrogen) atoms. The summed E-state index contributed by atoms with van der Waals surface area (Å²) in [6, 6.07) is -0.687. The highest BCUT2D eigenvalue weighted by atomic mass is 16.6. The van der Waals surface area contributed by atoms with Gasteiger partial charge in [0.1, 0.15) is 5.82 Å². The SMILES string of the molecule is C=C1N(CCC2CO2)C(=O)N(C=CCC)C(=O)N1CCC1CO1. The van der Waals surface area contributed by atoms with Gasteiger partial charge in [-0.05, 0) is 19.3 Å². The van der Waals surface area contributed by atoms with Crippen LogP contribution in [0.1, 0.15) is 26.2 Å². The number of urea groups is 2. The third-order valence-corrected chi connectivity index (χ3v) is 4.14. The van der Waals surface area contributed by atoms with E-state index in [2.05, 4.69) is 6.58 Å². The predicted molar refractivity (Wildman–Crippen MR) is 83.3 cm³/mol. The standard InChI is InChI=1S/C16H23N3O4/c1-3-4-7-19-15(20)17(8-5-13-10-22-13)12(2)18(16(19)21)9-6-14-11-23-14/h4,7,13-14H,2-3,5-6,8-11H2,1H3. The Morgan fingerprint density at radius 1 is 1.09 bits per heavy atom. The second-order valence-corrected chi connectivity index (χ2v) is 5.94. The molecule has 2 unspecified atom stereocenters. The van der Waals surface area contributed by atoms with Crippen molar-refractivity contribution in [3.63, 3.8) is 0 Å². The number of allylic oxidation sites excluding steroid dienone is 1. The second-order valence-electron chi connectivity index (χ2n) is 5.94. The molecule has 2 atom stereocenters. The number of nitrogens with zero attached hydrogens (tertiary/aromatic N) is 3. The van der Waals surface area contributed by atoms with Crippen LogP contribution in [0, 0.1) is 0 Å². The fraction of sp³-hybridized carbons (Fsp3) is 0.625. The van der Waals surface area contributed by atoms with E-state index in [0.717, 1.165) is 32.5 Å². The molecule has 3 rings (SSSR count). The second kappa shape index (κ2) is 6.72. The highest BCUT2D eigenvalue weighted by Crippen LogP contribution is 2.25. The van der Waals surface area contributed by atoms with Crippen molar-refractivity contribution >= 4 is 12.1 Å². The summed E-state index contributed by atoms with van der Waals surface area (Å²) in [5.41, 5.74) is 0. The van der Waals surface area contributed by atoms with Gasteiger partial charge in [-0.25, -0.2) is 14.5 Å². The maximum atomic E-state index is 12.6. The van der Waals surface area contributed by atoms with Crippen molar-refractivity contribution in [2.45, 2.75) is 38.4 Å². The number of carbonyl (C=O) groups excluding carboxylic acids is 2. The molecule has 0 aromatic carbocycles. The molecule has 126 valence electrons. The van der Waals surface area contributed by atoms with E-state index in [1.165, 1.54) is 4.90 Å². The summed E-state index contributed by atoms with van der Waals surface area (Å²) >= 11 is 0. The Kier molecular flexibility index (Phi) is 4.68. The van der Waals surface area contributed by atoms with Gasteiger partial charge in [-0.2, -0.15) is 0 Å². The first-order valence-corrected chi connectivity index (χ1v) is 8.12. The maximum absolute atomic E-state index is 12.6. The Labute approximate surface area is 136 Å². The number of epoxide rings is 2. The Balaban J connectivity index is 1.72.